The van der Waals surface area contributed by atoms with Crippen LogP contribution in [0.4, 0.5) is 4.39 Å². The molecule has 6 nitrogen and oxygen atoms in total. The largest absolute Gasteiger partial charge is 0.339 e. The summed E-state index contributed by atoms with van der Waals surface area (Å²) in [5.74, 6) is 0.849. The smallest absolute Gasteiger partial charge is 0.233 e. The first-order valence-electron chi connectivity index (χ1n) is 13.8. The number of rotatable bonds is 2. The molecule has 5 aliphatic rings. The van der Waals surface area contributed by atoms with Crippen LogP contribution in [0.25, 0.3) is 0 Å². The highest BCUT2D eigenvalue weighted by Crippen LogP contribution is 2.69. The third-order valence-corrected chi connectivity index (χ3v) is 11.3. The zero-order valence-electron chi connectivity index (χ0n) is 22.3. The van der Waals surface area contributed by atoms with Crippen LogP contribution in [0.3, 0.4) is 0 Å². The van der Waals surface area contributed by atoms with Gasteiger partial charge in [0.25, 0.3) is 0 Å². The summed E-state index contributed by atoms with van der Waals surface area (Å²) < 4.78 is 19.1. The van der Waals surface area contributed by atoms with E-state index in [9.17, 15) is 19.2 Å². The van der Waals surface area contributed by atoms with Gasteiger partial charge >= 0.3 is 0 Å². The van der Waals surface area contributed by atoms with Gasteiger partial charge in [-0.3, -0.25) is 9.59 Å². The van der Waals surface area contributed by atoms with E-state index in [1.54, 1.807) is 0 Å². The maximum atomic E-state index is 14.2. The van der Waals surface area contributed by atoms with Gasteiger partial charge in [-0.1, -0.05) is 44.5 Å². The maximum Gasteiger partial charge on any atom is 0.233 e. The molecule has 3 fully saturated rings. The van der Waals surface area contributed by atoms with Crippen molar-refractivity contribution >= 4 is 11.6 Å². The molecule has 7 unspecified atom stereocenters. The first kappa shape index (κ1) is 24.7. The number of alkyl halides is 1. The van der Waals surface area contributed by atoms with Gasteiger partial charge in [0.1, 0.15) is 6.07 Å². The molecule has 196 valence electrons. The number of carbonyl (C=O) groups is 2. The molecular weight excluding hydrogens is 469 g/mol. The predicted molar refractivity (Wildman–Crippen MR) is 133 cm³/mol. The molecule has 0 spiro atoms. The summed E-state index contributed by atoms with van der Waals surface area (Å²) in [7, 11) is 0. The van der Waals surface area contributed by atoms with E-state index in [0.717, 1.165) is 50.5 Å². The Morgan fingerprint density at radius 1 is 1.11 bits per heavy atom. The van der Waals surface area contributed by atoms with Crippen molar-refractivity contribution in [2.75, 3.05) is 0 Å². The van der Waals surface area contributed by atoms with Gasteiger partial charge in [-0.25, -0.2) is 4.39 Å². The Bertz CT molecular complexity index is 1290. The Balaban J connectivity index is 1.47. The van der Waals surface area contributed by atoms with Crippen LogP contribution in [0.1, 0.15) is 90.8 Å². The molecule has 0 saturated heterocycles. The molecular formula is C30H36FN3O3. The summed E-state index contributed by atoms with van der Waals surface area (Å²) in [6.45, 7) is 8.24. The lowest BCUT2D eigenvalue weighted by Gasteiger charge is -2.63. The van der Waals surface area contributed by atoms with Crippen LogP contribution in [0, 0.1) is 51.2 Å². The lowest BCUT2D eigenvalue weighted by molar-refractivity contribution is -0.139. The first-order chi connectivity index (χ1) is 17.5. The molecule has 1 aromatic rings. The summed E-state index contributed by atoms with van der Waals surface area (Å²) in [5.41, 5.74) is 0.379. The summed E-state index contributed by atoms with van der Waals surface area (Å²) in [6, 6.07) is 2.11. The van der Waals surface area contributed by atoms with Gasteiger partial charge in [-0.05, 0) is 79.6 Å². The zero-order valence-corrected chi connectivity index (χ0v) is 22.3. The van der Waals surface area contributed by atoms with Gasteiger partial charge in [-0.15, -0.1) is 0 Å². The fourth-order valence-corrected chi connectivity index (χ4v) is 9.29. The number of halogens is 1. The molecule has 7 heteroatoms. The zero-order chi connectivity index (χ0) is 26.4. The van der Waals surface area contributed by atoms with Crippen LogP contribution >= 0.6 is 0 Å². The number of nitrogens with zero attached hydrogens (tertiary/aromatic N) is 3. The van der Waals surface area contributed by atoms with E-state index in [1.165, 1.54) is 0 Å². The third-order valence-electron chi connectivity index (χ3n) is 11.3. The van der Waals surface area contributed by atoms with Crippen LogP contribution in [0.2, 0.25) is 0 Å². The molecule has 1 aromatic heterocycles. The van der Waals surface area contributed by atoms with E-state index in [0.29, 0.717) is 12.3 Å². The van der Waals surface area contributed by atoms with E-state index in [-0.39, 0.29) is 57.5 Å². The van der Waals surface area contributed by atoms with Gasteiger partial charge in [-0.2, -0.15) is 10.2 Å². The fraction of sp³-hybridized carbons (Fsp3) is 0.700. The first-order valence-corrected chi connectivity index (χ1v) is 13.8. The van der Waals surface area contributed by atoms with E-state index < -0.39 is 17.5 Å². The molecule has 6 rings (SSSR count). The predicted octanol–water partition coefficient (Wildman–Crippen LogP) is 5.98. The molecule has 0 aliphatic heterocycles. The van der Waals surface area contributed by atoms with Gasteiger partial charge < -0.3 is 4.52 Å². The summed E-state index contributed by atoms with van der Waals surface area (Å²) in [6.07, 6.45) is 10.4. The molecule has 0 radical (unpaired) electrons. The van der Waals surface area contributed by atoms with Crippen LogP contribution in [0.15, 0.2) is 27.8 Å². The molecule has 3 saturated carbocycles. The average Bonchev–Trinajstić information content (AvgIpc) is 3.35. The van der Waals surface area contributed by atoms with Crippen molar-refractivity contribution in [3.63, 3.8) is 0 Å². The molecule has 0 N–H and O–H groups in total. The molecule has 0 bridgehead atoms. The van der Waals surface area contributed by atoms with E-state index >= 15 is 0 Å². The van der Waals surface area contributed by atoms with Gasteiger partial charge in [0.15, 0.2) is 18.2 Å². The standard InChI is InChI=1S/C30H36FN3O3/c1-27(2)9-10-30(26-33-24(15-31)34-37-26)8-6-19-25(20(30)14-27)22(36)12-23-28(19,3)7-5-18-11-21(35)17(16-32)13-29(18,23)4/h12-13,18-20,25H,5-11,14-15H2,1-4H3. The second kappa shape index (κ2) is 7.94. The topological polar surface area (TPSA) is 96.8 Å². The number of Topliss-reactive ketones (excluding diaryl/α,β-unsaturated/α-hetero) is 1. The lowest BCUT2D eigenvalue weighted by atomic mass is 9.40. The maximum absolute atomic E-state index is 14.2. The number of fused-ring (bicyclic) bond motifs is 7. The Kier molecular flexibility index (Phi) is 5.30. The second-order valence-corrected chi connectivity index (χ2v) is 13.6. The van der Waals surface area contributed by atoms with Crippen LogP contribution in [-0.4, -0.2) is 21.7 Å². The fourth-order valence-electron chi connectivity index (χ4n) is 9.29. The number of carbonyl (C=O) groups excluding carboxylic acids is 2. The quantitative estimate of drug-likeness (QED) is 0.490. The summed E-state index contributed by atoms with van der Waals surface area (Å²) in [4.78, 5) is 31.2. The molecule has 0 aromatic carbocycles. The number of aromatic nitrogens is 2. The van der Waals surface area contributed by atoms with Crippen molar-refractivity contribution < 1.29 is 18.5 Å². The van der Waals surface area contributed by atoms with E-state index in [2.05, 4.69) is 43.9 Å². The second-order valence-electron chi connectivity index (χ2n) is 13.6. The lowest BCUT2D eigenvalue weighted by Crippen LogP contribution is -2.60. The Hall–Kier alpha value is -2.62. The van der Waals surface area contributed by atoms with Crippen LogP contribution in [0.5, 0.6) is 0 Å². The van der Waals surface area contributed by atoms with Crippen molar-refractivity contribution in [3.05, 3.63) is 35.0 Å². The Morgan fingerprint density at radius 2 is 1.89 bits per heavy atom. The number of hydrogen-bond donors (Lipinski definition) is 0. The highest BCUT2D eigenvalue weighted by molar-refractivity contribution is 6.01. The van der Waals surface area contributed by atoms with Crippen molar-refractivity contribution in [1.29, 1.82) is 5.26 Å². The monoisotopic (exact) mass is 505 g/mol. The number of ketones is 2. The Labute approximate surface area is 217 Å². The van der Waals surface area contributed by atoms with E-state index in [1.807, 2.05) is 12.2 Å². The van der Waals surface area contributed by atoms with Gasteiger partial charge in [0.2, 0.25) is 11.7 Å². The summed E-state index contributed by atoms with van der Waals surface area (Å²) in [5, 5.41) is 13.5. The molecule has 0 amide bonds. The summed E-state index contributed by atoms with van der Waals surface area (Å²) >= 11 is 0. The highest BCUT2D eigenvalue weighted by Gasteiger charge is 2.65. The van der Waals surface area contributed by atoms with Crippen molar-refractivity contribution in [2.24, 2.45) is 39.9 Å². The minimum atomic E-state index is -0.759. The Morgan fingerprint density at radius 3 is 2.59 bits per heavy atom. The van der Waals surface area contributed by atoms with Crippen LogP contribution in [-0.2, 0) is 21.7 Å². The number of nitriles is 1. The molecule has 5 aliphatic carbocycles. The molecule has 1 heterocycles. The molecule has 37 heavy (non-hydrogen) atoms. The number of hydrogen-bond acceptors (Lipinski definition) is 6. The van der Waals surface area contributed by atoms with Crippen molar-refractivity contribution in [1.82, 2.24) is 10.1 Å². The number of allylic oxidation sites excluding steroid dienone is 4. The normalized spacial score (nSPS) is 42.4. The highest BCUT2D eigenvalue weighted by atomic mass is 19.1. The SMILES string of the molecule is CC1(C)CCC2(c3nc(CF)no3)CCC3C(C(=O)C=C4C5(C)C=C(C#N)C(=O)CC5CCC43C)C2C1. The minimum Gasteiger partial charge on any atom is -0.339 e. The van der Waals surface area contributed by atoms with Gasteiger partial charge in [0, 0.05) is 17.8 Å². The van der Waals surface area contributed by atoms with Crippen molar-refractivity contribution in [3.8, 4) is 6.07 Å². The van der Waals surface area contributed by atoms with Crippen LogP contribution < -0.4 is 0 Å². The molecule has 7 atom stereocenters. The third kappa shape index (κ3) is 3.33. The van der Waals surface area contributed by atoms with Crippen molar-refractivity contribution in [2.45, 2.75) is 91.2 Å². The van der Waals surface area contributed by atoms with Gasteiger partial charge in [0.05, 0.1) is 11.0 Å². The van der Waals surface area contributed by atoms with E-state index in [4.69, 9.17) is 4.52 Å². The minimum absolute atomic E-state index is 0.0497. The average molecular weight is 506 g/mol.